The van der Waals surface area contributed by atoms with Crippen molar-refractivity contribution in [1.29, 1.82) is 5.41 Å². The SMILES string of the molecule is C[C@H](N)C(=O)N(C(=O)C(Cc1ccccc1)CS(=O)(=O)[N+](C)(C)C(=N)N(C)C)c1cscn1. The van der Waals surface area contributed by atoms with E-state index in [1.54, 1.807) is 38.4 Å². The standard InChI is InChI=1S/C21H31N6O4S2/c1-15(22)19(28)26(18-12-32-14-24-18)20(29)17(11-16-9-7-6-8-10-16)13-33(30,31)27(4,5)21(23)25(2)3/h6-10,12,14-15,17,23H,11,13,22H2,1-5H3/q+1/t15-,17?/m0/s1. The van der Waals surface area contributed by atoms with Crippen molar-refractivity contribution in [3.8, 4) is 0 Å². The van der Waals surface area contributed by atoms with Crippen molar-refractivity contribution < 1.29 is 21.9 Å². The zero-order valence-electron chi connectivity index (χ0n) is 19.4. The first kappa shape index (κ1) is 26.6. The zero-order chi connectivity index (χ0) is 25.0. The second kappa shape index (κ2) is 10.5. The van der Waals surface area contributed by atoms with Gasteiger partial charge in [0.15, 0.2) is 5.82 Å². The fourth-order valence-corrected chi connectivity index (χ4v) is 5.29. The predicted octanol–water partition coefficient (Wildman–Crippen LogP) is 1.11. The highest BCUT2D eigenvalue weighted by molar-refractivity contribution is 7.86. The van der Waals surface area contributed by atoms with Gasteiger partial charge in [0.25, 0.3) is 5.91 Å². The number of aromatic nitrogens is 1. The van der Waals surface area contributed by atoms with Crippen LogP contribution in [0.1, 0.15) is 12.5 Å². The molecule has 0 aliphatic heterocycles. The van der Waals surface area contributed by atoms with Crippen LogP contribution in [0, 0.1) is 11.3 Å². The minimum Gasteiger partial charge on any atom is -0.320 e. The normalized spacial score (nSPS) is 13.8. The Hall–Kier alpha value is -2.67. The summed E-state index contributed by atoms with van der Waals surface area (Å²) in [6.45, 7) is 1.45. The van der Waals surface area contributed by atoms with Gasteiger partial charge in [0, 0.05) is 19.5 Å². The van der Waals surface area contributed by atoms with E-state index in [2.05, 4.69) is 4.98 Å². The van der Waals surface area contributed by atoms with E-state index < -0.39 is 43.4 Å². The third kappa shape index (κ3) is 6.02. The maximum absolute atomic E-state index is 13.7. The molecule has 0 fully saturated rings. The van der Waals surface area contributed by atoms with Crippen molar-refractivity contribution >= 4 is 45.0 Å². The number of anilines is 1. The van der Waals surface area contributed by atoms with Crippen molar-refractivity contribution in [3.63, 3.8) is 0 Å². The van der Waals surface area contributed by atoms with E-state index in [0.717, 1.165) is 10.5 Å². The van der Waals surface area contributed by atoms with E-state index in [4.69, 9.17) is 11.1 Å². The molecular formula is C21H31N6O4S2+. The van der Waals surface area contributed by atoms with Crippen molar-refractivity contribution in [3.05, 3.63) is 46.8 Å². The number of nitrogens with one attached hydrogen (secondary N) is 1. The van der Waals surface area contributed by atoms with Gasteiger partial charge < -0.3 is 10.6 Å². The minimum absolute atomic E-state index is 0.0844. The van der Waals surface area contributed by atoms with Crippen molar-refractivity contribution in [2.75, 3.05) is 38.8 Å². The van der Waals surface area contributed by atoms with E-state index in [1.165, 1.54) is 48.1 Å². The smallest absolute Gasteiger partial charge is 0.312 e. The first-order valence-electron chi connectivity index (χ1n) is 10.2. The number of carbonyl (C=O) groups excluding carboxylic acids is 2. The summed E-state index contributed by atoms with van der Waals surface area (Å²) in [5, 5.41) is 9.78. The Morgan fingerprint density at radius 2 is 1.79 bits per heavy atom. The highest BCUT2D eigenvalue weighted by atomic mass is 32.2. The molecule has 12 heteroatoms. The number of amides is 2. The Balaban J connectivity index is 2.52. The lowest BCUT2D eigenvalue weighted by Gasteiger charge is -2.32. The molecule has 0 radical (unpaired) electrons. The third-order valence-electron chi connectivity index (χ3n) is 5.19. The van der Waals surface area contributed by atoms with E-state index in [9.17, 15) is 18.0 Å². The number of benzene rings is 1. The van der Waals surface area contributed by atoms with Gasteiger partial charge in [-0.25, -0.2) is 15.3 Å². The van der Waals surface area contributed by atoms with Crippen LogP contribution < -0.4 is 10.6 Å². The molecule has 10 nitrogen and oxygen atoms in total. The number of thiazole rings is 1. The molecule has 2 rings (SSSR count). The van der Waals surface area contributed by atoms with Crippen LogP contribution in [-0.2, 0) is 26.0 Å². The Bertz CT molecular complexity index is 1080. The van der Waals surface area contributed by atoms with Gasteiger partial charge in [-0.05, 0) is 18.9 Å². The molecule has 180 valence electrons. The summed E-state index contributed by atoms with van der Waals surface area (Å²) in [6.07, 6.45) is 0.0844. The molecule has 0 aliphatic rings. The second-order valence-electron chi connectivity index (χ2n) is 8.35. The van der Waals surface area contributed by atoms with Crippen molar-refractivity contribution in [2.45, 2.75) is 19.4 Å². The van der Waals surface area contributed by atoms with Gasteiger partial charge in [-0.1, -0.05) is 30.3 Å². The number of nitrogens with zero attached hydrogens (tertiary/aromatic N) is 4. The fourth-order valence-electron chi connectivity index (χ4n) is 3.21. The molecule has 0 aliphatic carbocycles. The molecule has 0 saturated carbocycles. The Morgan fingerprint density at radius 1 is 1.18 bits per heavy atom. The molecule has 1 heterocycles. The van der Waals surface area contributed by atoms with Gasteiger partial charge in [-0.15, -0.1) is 11.3 Å². The van der Waals surface area contributed by atoms with Crippen LogP contribution in [0.15, 0.2) is 41.2 Å². The average molecular weight is 496 g/mol. The topological polar surface area (TPSA) is 138 Å². The maximum atomic E-state index is 13.7. The van der Waals surface area contributed by atoms with Crippen LogP contribution in [0.2, 0.25) is 0 Å². The molecule has 33 heavy (non-hydrogen) atoms. The first-order chi connectivity index (χ1) is 15.3. The van der Waals surface area contributed by atoms with Crippen LogP contribution >= 0.6 is 11.3 Å². The summed E-state index contributed by atoms with van der Waals surface area (Å²) in [5.41, 5.74) is 8.00. The lowest BCUT2D eigenvalue weighted by atomic mass is 9.99. The molecule has 0 saturated heterocycles. The molecule has 2 aromatic rings. The van der Waals surface area contributed by atoms with Crippen LogP contribution in [0.3, 0.4) is 0 Å². The van der Waals surface area contributed by atoms with Crippen molar-refractivity contribution in [2.24, 2.45) is 11.7 Å². The van der Waals surface area contributed by atoms with Crippen LogP contribution in [0.25, 0.3) is 0 Å². The Kier molecular flexibility index (Phi) is 8.46. The quantitative estimate of drug-likeness (QED) is 0.318. The van der Waals surface area contributed by atoms with Gasteiger partial charge in [-0.2, -0.15) is 12.3 Å². The lowest BCUT2D eigenvalue weighted by Crippen LogP contribution is -2.57. The third-order valence-corrected chi connectivity index (χ3v) is 8.16. The number of hydrogen-bond acceptors (Lipinski definition) is 8. The number of imide groups is 1. The molecule has 2 atom stereocenters. The molecule has 1 unspecified atom stereocenters. The van der Waals surface area contributed by atoms with E-state index in [-0.39, 0.29) is 18.2 Å². The molecular weight excluding hydrogens is 464 g/mol. The van der Waals surface area contributed by atoms with Gasteiger partial charge in [0.1, 0.15) is 5.75 Å². The fraction of sp³-hybridized carbons (Fsp3) is 0.429. The van der Waals surface area contributed by atoms with Crippen molar-refractivity contribution in [1.82, 2.24) is 9.88 Å². The molecule has 0 bridgehead atoms. The van der Waals surface area contributed by atoms with E-state index in [1.807, 2.05) is 6.07 Å². The minimum atomic E-state index is -4.05. The largest absolute Gasteiger partial charge is 0.320 e. The van der Waals surface area contributed by atoms with E-state index >= 15 is 0 Å². The Labute approximate surface area is 198 Å². The number of carbonyl (C=O) groups is 2. The van der Waals surface area contributed by atoms with Gasteiger partial charge in [-0.3, -0.25) is 9.59 Å². The molecule has 0 spiro atoms. The maximum Gasteiger partial charge on any atom is 0.312 e. The molecule has 3 N–H and O–H groups in total. The number of guanidine groups is 1. The number of nitrogens with two attached hydrogens (primary N) is 1. The molecule has 1 aromatic carbocycles. The van der Waals surface area contributed by atoms with Gasteiger partial charge in [0.2, 0.25) is 5.91 Å². The number of hydrogen-bond donors (Lipinski definition) is 2. The summed E-state index contributed by atoms with van der Waals surface area (Å²) in [7, 11) is 1.87. The second-order valence-corrected chi connectivity index (χ2v) is 11.5. The highest BCUT2D eigenvalue weighted by Gasteiger charge is 2.44. The van der Waals surface area contributed by atoms with Gasteiger partial charge in [0.05, 0.1) is 31.6 Å². The summed E-state index contributed by atoms with van der Waals surface area (Å²) in [5.74, 6) is -3.10. The van der Waals surface area contributed by atoms with Gasteiger partial charge >= 0.3 is 16.0 Å². The molecule has 1 aromatic heterocycles. The number of sulfonamides is 1. The summed E-state index contributed by atoms with van der Waals surface area (Å²) in [4.78, 5) is 32.9. The summed E-state index contributed by atoms with van der Waals surface area (Å²) >= 11 is 1.20. The Morgan fingerprint density at radius 3 is 2.27 bits per heavy atom. The summed E-state index contributed by atoms with van der Waals surface area (Å²) in [6, 6.07) is 7.98. The monoisotopic (exact) mass is 495 g/mol. The average Bonchev–Trinajstić information content (AvgIpc) is 3.27. The highest BCUT2D eigenvalue weighted by Crippen LogP contribution is 2.24. The summed E-state index contributed by atoms with van der Waals surface area (Å²) < 4.78 is 26.1. The van der Waals surface area contributed by atoms with Crippen LogP contribution in [0.4, 0.5) is 5.82 Å². The predicted molar refractivity (Wildman–Crippen MR) is 129 cm³/mol. The number of rotatable bonds is 8. The van der Waals surface area contributed by atoms with Crippen LogP contribution in [-0.4, -0.2) is 79.9 Å². The first-order valence-corrected chi connectivity index (χ1v) is 12.7. The molecule has 2 amide bonds. The van der Waals surface area contributed by atoms with Crippen LogP contribution in [0.5, 0.6) is 0 Å². The van der Waals surface area contributed by atoms with E-state index in [0.29, 0.717) is 0 Å². The number of quaternary nitrogens is 1. The lowest BCUT2D eigenvalue weighted by molar-refractivity contribution is -0.668. The zero-order valence-corrected chi connectivity index (χ0v) is 21.1.